The lowest BCUT2D eigenvalue weighted by Crippen LogP contribution is -2.28. The van der Waals surface area contributed by atoms with Gasteiger partial charge < -0.3 is 9.47 Å². The summed E-state index contributed by atoms with van der Waals surface area (Å²) in [5.41, 5.74) is 0.826. The summed E-state index contributed by atoms with van der Waals surface area (Å²) in [7, 11) is 1.45. The minimum atomic E-state index is -0.737. The summed E-state index contributed by atoms with van der Waals surface area (Å²) in [4.78, 5) is 38.5. The van der Waals surface area contributed by atoms with Crippen molar-refractivity contribution < 1.29 is 23.9 Å². The SMILES string of the molecule is COc1cccc2c1C(=O)c1cc(C)cc(OC(=O)C(C)(C)C)c1C2=O. The van der Waals surface area contributed by atoms with Crippen molar-refractivity contribution in [3.63, 3.8) is 0 Å². The standard InChI is InChI=1S/C21H20O5/c1-11-9-13-17(15(10-11)26-20(24)21(2,3)4)18(22)12-7-6-8-14(25-5)16(12)19(13)23/h6-10H,1-5H3. The van der Waals surface area contributed by atoms with Crippen LogP contribution in [0.3, 0.4) is 0 Å². The van der Waals surface area contributed by atoms with Crippen LogP contribution >= 0.6 is 0 Å². The topological polar surface area (TPSA) is 69.7 Å². The number of carbonyl (C=O) groups excluding carboxylic acids is 3. The number of hydrogen-bond donors (Lipinski definition) is 0. The number of benzene rings is 2. The van der Waals surface area contributed by atoms with E-state index in [1.165, 1.54) is 7.11 Å². The average Bonchev–Trinajstić information content (AvgIpc) is 2.57. The lowest BCUT2D eigenvalue weighted by atomic mass is 9.82. The van der Waals surface area contributed by atoms with E-state index in [0.29, 0.717) is 5.75 Å². The van der Waals surface area contributed by atoms with E-state index in [1.54, 1.807) is 58.0 Å². The van der Waals surface area contributed by atoms with Crippen LogP contribution in [-0.2, 0) is 4.79 Å². The number of esters is 1. The van der Waals surface area contributed by atoms with Crippen molar-refractivity contribution in [2.75, 3.05) is 7.11 Å². The number of methoxy groups -OCH3 is 1. The molecule has 26 heavy (non-hydrogen) atoms. The third-order valence-electron chi connectivity index (χ3n) is 4.25. The molecule has 0 N–H and O–H groups in total. The molecule has 0 fully saturated rings. The van der Waals surface area contributed by atoms with E-state index in [2.05, 4.69) is 0 Å². The highest BCUT2D eigenvalue weighted by atomic mass is 16.5. The molecule has 0 atom stereocenters. The van der Waals surface area contributed by atoms with Gasteiger partial charge in [-0.25, -0.2) is 0 Å². The molecule has 0 saturated heterocycles. The fraction of sp³-hybridized carbons (Fsp3) is 0.286. The molecule has 1 aliphatic carbocycles. The first-order valence-corrected chi connectivity index (χ1v) is 8.28. The van der Waals surface area contributed by atoms with Gasteiger partial charge in [0.1, 0.15) is 11.5 Å². The normalized spacial score (nSPS) is 13.1. The van der Waals surface area contributed by atoms with E-state index in [4.69, 9.17) is 9.47 Å². The molecular weight excluding hydrogens is 332 g/mol. The summed E-state index contributed by atoms with van der Waals surface area (Å²) in [6.07, 6.45) is 0. The van der Waals surface area contributed by atoms with Crippen LogP contribution in [0.2, 0.25) is 0 Å². The van der Waals surface area contributed by atoms with Crippen LogP contribution in [0.4, 0.5) is 0 Å². The van der Waals surface area contributed by atoms with Gasteiger partial charge in [0.15, 0.2) is 11.6 Å². The van der Waals surface area contributed by atoms with Gasteiger partial charge in [-0.05, 0) is 51.5 Å². The molecule has 2 aromatic rings. The third kappa shape index (κ3) is 2.79. The predicted molar refractivity (Wildman–Crippen MR) is 96.1 cm³/mol. The third-order valence-corrected chi connectivity index (χ3v) is 4.25. The molecule has 0 amide bonds. The summed E-state index contributed by atoms with van der Waals surface area (Å²) in [5, 5.41) is 0. The highest BCUT2D eigenvalue weighted by Crippen LogP contribution is 2.38. The molecule has 0 radical (unpaired) electrons. The predicted octanol–water partition coefficient (Wildman–Crippen LogP) is 3.73. The van der Waals surface area contributed by atoms with Crippen molar-refractivity contribution in [1.29, 1.82) is 0 Å². The second kappa shape index (κ2) is 6.09. The molecule has 0 saturated carbocycles. The molecule has 0 heterocycles. The minimum Gasteiger partial charge on any atom is -0.496 e. The Morgan fingerprint density at radius 1 is 0.923 bits per heavy atom. The largest absolute Gasteiger partial charge is 0.496 e. The average molecular weight is 352 g/mol. The molecule has 5 nitrogen and oxygen atoms in total. The van der Waals surface area contributed by atoms with Gasteiger partial charge in [-0.2, -0.15) is 0 Å². The zero-order valence-corrected chi connectivity index (χ0v) is 15.4. The van der Waals surface area contributed by atoms with Crippen molar-refractivity contribution >= 4 is 17.5 Å². The summed E-state index contributed by atoms with van der Waals surface area (Å²) in [6, 6.07) is 8.13. The molecule has 0 aromatic heterocycles. The van der Waals surface area contributed by atoms with Gasteiger partial charge >= 0.3 is 5.97 Å². The Morgan fingerprint density at radius 3 is 2.15 bits per heavy atom. The van der Waals surface area contributed by atoms with E-state index >= 15 is 0 Å². The van der Waals surface area contributed by atoms with Gasteiger partial charge in [-0.15, -0.1) is 0 Å². The van der Waals surface area contributed by atoms with E-state index in [0.717, 1.165) is 5.56 Å². The van der Waals surface area contributed by atoms with Crippen LogP contribution in [0.1, 0.15) is 58.2 Å². The quantitative estimate of drug-likeness (QED) is 0.519. The second-order valence-corrected chi connectivity index (χ2v) is 7.37. The van der Waals surface area contributed by atoms with Crippen LogP contribution in [-0.4, -0.2) is 24.6 Å². The first-order chi connectivity index (χ1) is 12.1. The lowest BCUT2D eigenvalue weighted by molar-refractivity contribution is -0.143. The smallest absolute Gasteiger partial charge is 0.316 e. The lowest BCUT2D eigenvalue weighted by Gasteiger charge is -2.23. The molecule has 0 bridgehead atoms. The zero-order chi connectivity index (χ0) is 19.2. The van der Waals surface area contributed by atoms with Gasteiger partial charge in [-0.3, -0.25) is 14.4 Å². The van der Waals surface area contributed by atoms with Crippen molar-refractivity contribution in [3.05, 3.63) is 58.1 Å². The molecule has 0 aliphatic heterocycles. The van der Waals surface area contributed by atoms with Crippen LogP contribution in [0.25, 0.3) is 0 Å². The maximum atomic E-state index is 13.1. The fourth-order valence-electron chi connectivity index (χ4n) is 2.89. The minimum absolute atomic E-state index is 0.117. The number of ether oxygens (including phenoxy) is 2. The summed E-state index contributed by atoms with van der Waals surface area (Å²) in [5.74, 6) is -0.677. The first kappa shape index (κ1) is 17.9. The summed E-state index contributed by atoms with van der Waals surface area (Å²) in [6.45, 7) is 6.96. The highest BCUT2D eigenvalue weighted by molar-refractivity contribution is 6.30. The zero-order valence-electron chi connectivity index (χ0n) is 15.4. The Labute approximate surface area is 151 Å². The van der Waals surface area contributed by atoms with Gasteiger partial charge in [0, 0.05) is 11.1 Å². The Hall–Kier alpha value is -2.95. The molecule has 3 rings (SSSR count). The Balaban J connectivity index is 2.21. The maximum absolute atomic E-state index is 13.1. The van der Waals surface area contributed by atoms with Crippen molar-refractivity contribution in [3.8, 4) is 11.5 Å². The number of ketones is 2. The van der Waals surface area contributed by atoms with Gasteiger partial charge in [0.05, 0.1) is 23.7 Å². The van der Waals surface area contributed by atoms with Crippen molar-refractivity contribution in [2.24, 2.45) is 5.41 Å². The molecule has 2 aromatic carbocycles. The molecule has 0 spiro atoms. The number of hydrogen-bond acceptors (Lipinski definition) is 5. The van der Waals surface area contributed by atoms with Crippen LogP contribution in [0.5, 0.6) is 11.5 Å². The summed E-state index contributed by atoms with van der Waals surface area (Å²) >= 11 is 0. The first-order valence-electron chi connectivity index (χ1n) is 8.28. The van der Waals surface area contributed by atoms with Crippen LogP contribution in [0.15, 0.2) is 30.3 Å². The number of fused-ring (bicyclic) bond motifs is 2. The number of rotatable bonds is 2. The summed E-state index contributed by atoms with van der Waals surface area (Å²) < 4.78 is 10.8. The monoisotopic (exact) mass is 352 g/mol. The second-order valence-electron chi connectivity index (χ2n) is 7.37. The van der Waals surface area contributed by atoms with Crippen molar-refractivity contribution in [2.45, 2.75) is 27.7 Å². The van der Waals surface area contributed by atoms with E-state index in [9.17, 15) is 14.4 Å². The number of aryl methyl sites for hydroxylation is 1. The highest BCUT2D eigenvalue weighted by Gasteiger charge is 2.36. The van der Waals surface area contributed by atoms with Gasteiger partial charge in [0.2, 0.25) is 0 Å². The fourth-order valence-corrected chi connectivity index (χ4v) is 2.89. The molecular formula is C21H20O5. The Bertz CT molecular complexity index is 948. The molecule has 1 aliphatic rings. The Morgan fingerprint density at radius 2 is 1.54 bits per heavy atom. The molecule has 0 unspecified atom stereocenters. The van der Waals surface area contributed by atoms with E-state index in [1.807, 2.05) is 0 Å². The molecule has 134 valence electrons. The van der Waals surface area contributed by atoms with E-state index in [-0.39, 0.29) is 39.6 Å². The maximum Gasteiger partial charge on any atom is 0.316 e. The van der Waals surface area contributed by atoms with E-state index < -0.39 is 11.4 Å². The van der Waals surface area contributed by atoms with Crippen LogP contribution in [0, 0.1) is 12.3 Å². The van der Waals surface area contributed by atoms with Crippen molar-refractivity contribution in [1.82, 2.24) is 0 Å². The Kier molecular flexibility index (Phi) is 4.18. The van der Waals surface area contributed by atoms with Gasteiger partial charge in [0.25, 0.3) is 0 Å². The molecule has 5 heteroatoms. The van der Waals surface area contributed by atoms with Crippen LogP contribution < -0.4 is 9.47 Å². The van der Waals surface area contributed by atoms with Gasteiger partial charge in [-0.1, -0.05) is 12.1 Å². The number of carbonyl (C=O) groups is 3.